The Labute approximate surface area is 111 Å². The molecule has 1 fully saturated rings. The number of benzene rings is 1. The van der Waals surface area contributed by atoms with Crippen LogP contribution in [0.3, 0.4) is 0 Å². The van der Waals surface area contributed by atoms with Gasteiger partial charge in [0.2, 0.25) is 0 Å². The highest BCUT2D eigenvalue weighted by Crippen LogP contribution is 2.26. The van der Waals surface area contributed by atoms with Crippen LogP contribution in [0.15, 0.2) is 24.3 Å². The third-order valence-corrected chi connectivity index (χ3v) is 3.94. The second-order valence-corrected chi connectivity index (χ2v) is 5.74. The van der Waals surface area contributed by atoms with Crippen molar-refractivity contribution in [2.45, 2.75) is 51.7 Å². The van der Waals surface area contributed by atoms with Crippen molar-refractivity contribution >= 4 is 0 Å². The maximum atomic E-state index is 6.18. The summed E-state index contributed by atoms with van der Waals surface area (Å²) in [6.07, 6.45) is 5.41. The molecule has 1 aromatic carbocycles. The molecule has 0 aliphatic heterocycles. The van der Waals surface area contributed by atoms with Crippen LogP contribution in [0, 0.1) is 12.8 Å². The Hall–Kier alpha value is -0.860. The largest absolute Gasteiger partial charge is 0.376 e. The van der Waals surface area contributed by atoms with Crippen molar-refractivity contribution in [2.24, 2.45) is 11.7 Å². The molecule has 1 atom stereocenters. The molecule has 2 heteroatoms. The molecule has 0 heterocycles. The van der Waals surface area contributed by atoms with Gasteiger partial charge in [0.05, 0.1) is 18.8 Å². The topological polar surface area (TPSA) is 35.2 Å². The van der Waals surface area contributed by atoms with E-state index in [9.17, 15) is 0 Å². The van der Waals surface area contributed by atoms with Crippen LogP contribution >= 0.6 is 0 Å². The lowest BCUT2D eigenvalue weighted by molar-refractivity contribution is 0.0126. The fourth-order valence-corrected chi connectivity index (χ4v) is 2.63. The SMILES string of the molecule is Cc1cccc(C(N)COC2CCC(C)CC2)c1. The molecule has 2 N–H and O–H groups in total. The molecule has 1 unspecified atom stereocenters. The minimum absolute atomic E-state index is 0.00394. The van der Waals surface area contributed by atoms with Gasteiger partial charge in [0.1, 0.15) is 0 Å². The summed E-state index contributed by atoms with van der Waals surface area (Å²) in [5.74, 6) is 0.871. The van der Waals surface area contributed by atoms with E-state index in [-0.39, 0.29) is 6.04 Å². The molecule has 0 radical (unpaired) electrons. The zero-order valence-corrected chi connectivity index (χ0v) is 11.6. The monoisotopic (exact) mass is 247 g/mol. The lowest BCUT2D eigenvalue weighted by atomic mass is 9.89. The van der Waals surface area contributed by atoms with E-state index in [0.29, 0.717) is 12.7 Å². The van der Waals surface area contributed by atoms with Crippen molar-refractivity contribution in [1.29, 1.82) is 0 Å². The Morgan fingerprint density at radius 1 is 1.28 bits per heavy atom. The zero-order chi connectivity index (χ0) is 13.0. The number of aryl methyl sites for hydroxylation is 1. The lowest BCUT2D eigenvalue weighted by Crippen LogP contribution is -2.25. The number of nitrogens with two attached hydrogens (primary N) is 1. The fourth-order valence-electron chi connectivity index (χ4n) is 2.63. The van der Waals surface area contributed by atoms with Gasteiger partial charge in [-0.05, 0) is 44.1 Å². The van der Waals surface area contributed by atoms with Gasteiger partial charge in [-0.1, -0.05) is 36.8 Å². The summed E-state index contributed by atoms with van der Waals surface area (Å²) in [6, 6.07) is 8.40. The molecule has 0 spiro atoms. The van der Waals surface area contributed by atoms with E-state index in [2.05, 4.69) is 38.1 Å². The summed E-state index contributed by atoms with van der Waals surface area (Å²) < 4.78 is 5.96. The van der Waals surface area contributed by atoms with Gasteiger partial charge >= 0.3 is 0 Å². The van der Waals surface area contributed by atoms with Crippen LogP contribution in [0.2, 0.25) is 0 Å². The van der Waals surface area contributed by atoms with Gasteiger partial charge < -0.3 is 10.5 Å². The Morgan fingerprint density at radius 2 is 2.00 bits per heavy atom. The number of ether oxygens (including phenoxy) is 1. The Kier molecular flexibility index (Phi) is 4.79. The summed E-state index contributed by atoms with van der Waals surface area (Å²) in [5.41, 5.74) is 8.62. The van der Waals surface area contributed by atoms with Gasteiger partial charge in [-0.2, -0.15) is 0 Å². The molecule has 0 aromatic heterocycles. The van der Waals surface area contributed by atoms with E-state index in [1.54, 1.807) is 0 Å². The molecule has 0 amide bonds. The predicted octanol–water partition coefficient (Wildman–Crippen LogP) is 3.59. The molecule has 2 nitrogen and oxygen atoms in total. The van der Waals surface area contributed by atoms with Gasteiger partial charge in [-0.3, -0.25) is 0 Å². The van der Waals surface area contributed by atoms with Gasteiger partial charge in [0, 0.05) is 0 Å². The van der Waals surface area contributed by atoms with Gasteiger partial charge in [-0.25, -0.2) is 0 Å². The first kappa shape index (κ1) is 13.6. The van der Waals surface area contributed by atoms with E-state index in [0.717, 1.165) is 5.92 Å². The number of hydrogen-bond donors (Lipinski definition) is 1. The van der Waals surface area contributed by atoms with Crippen LogP contribution in [-0.2, 0) is 4.74 Å². The Bertz CT molecular complexity index is 369. The molecule has 0 saturated heterocycles. The average Bonchev–Trinajstić information content (AvgIpc) is 2.38. The molecular formula is C16H25NO. The molecule has 18 heavy (non-hydrogen) atoms. The highest BCUT2D eigenvalue weighted by molar-refractivity contribution is 5.24. The van der Waals surface area contributed by atoms with Crippen LogP contribution < -0.4 is 5.73 Å². The first-order valence-corrected chi connectivity index (χ1v) is 7.09. The normalized spacial score (nSPS) is 25.9. The maximum Gasteiger partial charge on any atom is 0.0663 e. The summed E-state index contributed by atoms with van der Waals surface area (Å²) >= 11 is 0. The van der Waals surface area contributed by atoms with Gasteiger partial charge in [0.25, 0.3) is 0 Å². The summed E-state index contributed by atoms with van der Waals surface area (Å²) in [7, 11) is 0. The highest BCUT2D eigenvalue weighted by Gasteiger charge is 2.19. The predicted molar refractivity (Wildman–Crippen MR) is 75.5 cm³/mol. The maximum absolute atomic E-state index is 6.18. The molecule has 1 saturated carbocycles. The second-order valence-electron chi connectivity index (χ2n) is 5.74. The first-order chi connectivity index (χ1) is 8.65. The number of hydrogen-bond acceptors (Lipinski definition) is 2. The first-order valence-electron chi connectivity index (χ1n) is 7.09. The Morgan fingerprint density at radius 3 is 2.67 bits per heavy atom. The molecule has 100 valence electrons. The smallest absolute Gasteiger partial charge is 0.0663 e. The molecule has 2 rings (SSSR count). The minimum Gasteiger partial charge on any atom is -0.376 e. The van der Waals surface area contributed by atoms with E-state index in [1.807, 2.05) is 0 Å². The molecular weight excluding hydrogens is 222 g/mol. The zero-order valence-electron chi connectivity index (χ0n) is 11.6. The quantitative estimate of drug-likeness (QED) is 0.882. The molecule has 1 aliphatic carbocycles. The molecule has 0 bridgehead atoms. The highest BCUT2D eigenvalue weighted by atomic mass is 16.5. The average molecular weight is 247 g/mol. The van der Waals surface area contributed by atoms with Crippen LogP contribution in [0.25, 0.3) is 0 Å². The standard InChI is InChI=1S/C16H25NO/c1-12-6-8-15(9-7-12)18-11-16(17)14-5-3-4-13(2)10-14/h3-5,10,12,15-16H,6-9,11,17H2,1-2H3. The van der Waals surface area contributed by atoms with Crippen LogP contribution in [0.1, 0.15) is 49.8 Å². The van der Waals surface area contributed by atoms with E-state index < -0.39 is 0 Å². The van der Waals surface area contributed by atoms with Crippen LogP contribution in [0.5, 0.6) is 0 Å². The van der Waals surface area contributed by atoms with Crippen molar-refractivity contribution in [2.75, 3.05) is 6.61 Å². The van der Waals surface area contributed by atoms with Crippen LogP contribution in [0.4, 0.5) is 0 Å². The van der Waals surface area contributed by atoms with Crippen molar-refractivity contribution in [1.82, 2.24) is 0 Å². The van der Waals surface area contributed by atoms with Gasteiger partial charge in [-0.15, -0.1) is 0 Å². The van der Waals surface area contributed by atoms with E-state index in [1.165, 1.54) is 36.8 Å². The van der Waals surface area contributed by atoms with E-state index in [4.69, 9.17) is 10.5 Å². The molecule has 1 aromatic rings. The van der Waals surface area contributed by atoms with Crippen molar-refractivity contribution in [3.8, 4) is 0 Å². The Balaban J connectivity index is 1.79. The van der Waals surface area contributed by atoms with Crippen molar-refractivity contribution in [3.63, 3.8) is 0 Å². The molecule has 1 aliphatic rings. The minimum atomic E-state index is 0.00394. The summed E-state index contributed by atoms with van der Waals surface area (Å²) in [6.45, 7) is 5.07. The van der Waals surface area contributed by atoms with Gasteiger partial charge in [0.15, 0.2) is 0 Å². The van der Waals surface area contributed by atoms with Crippen molar-refractivity contribution < 1.29 is 4.74 Å². The number of rotatable bonds is 4. The van der Waals surface area contributed by atoms with Crippen molar-refractivity contribution in [3.05, 3.63) is 35.4 Å². The summed E-state index contributed by atoms with van der Waals surface area (Å²) in [5, 5.41) is 0. The third kappa shape index (κ3) is 3.82. The second kappa shape index (κ2) is 6.35. The lowest BCUT2D eigenvalue weighted by Gasteiger charge is -2.27. The summed E-state index contributed by atoms with van der Waals surface area (Å²) in [4.78, 5) is 0. The fraction of sp³-hybridized carbons (Fsp3) is 0.625. The van der Waals surface area contributed by atoms with E-state index >= 15 is 0 Å². The van der Waals surface area contributed by atoms with Crippen LogP contribution in [-0.4, -0.2) is 12.7 Å². The third-order valence-electron chi connectivity index (χ3n) is 3.94.